The predicted molar refractivity (Wildman–Crippen MR) is 64.3 cm³/mol. The second kappa shape index (κ2) is 8.06. The van der Waals surface area contributed by atoms with E-state index in [0.717, 1.165) is 0 Å². The summed E-state index contributed by atoms with van der Waals surface area (Å²) in [6.07, 6.45) is 0.639. The average Bonchev–Trinajstić information content (AvgIpc) is 2.23. The van der Waals surface area contributed by atoms with Gasteiger partial charge in [0.15, 0.2) is 0 Å². The van der Waals surface area contributed by atoms with Gasteiger partial charge in [0, 0.05) is 6.42 Å². The highest BCUT2D eigenvalue weighted by molar-refractivity contribution is 5.84. The van der Waals surface area contributed by atoms with Gasteiger partial charge in [-0.25, -0.2) is 4.79 Å². The molecule has 17 heavy (non-hydrogen) atoms. The third-order valence-electron chi connectivity index (χ3n) is 2.32. The molecule has 0 rings (SSSR count). The minimum Gasteiger partial charge on any atom is -0.467 e. The molecule has 2 N–H and O–H groups in total. The summed E-state index contributed by atoms with van der Waals surface area (Å²) in [5.74, 6) is -0.373. The van der Waals surface area contributed by atoms with Crippen molar-refractivity contribution in [2.45, 2.75) is 52.2 Å². The lowest BCUT2D eigenvalue weighted by Gasteiger charge is -2.18. The van der Waals surface area contributed by atoms with Crippen LogP contribution in [0.1, 0.15) is 40.0 Å². The topological polar surface area (TPSA) is 75.6 Å². The van der Waals surface area contributed by atoms with E-state index in [1.54, 1.807) is 6.92 Å². The molecule has 0 saturated carbocycles. The zero-order chi connectivity index (χ0) is 13.4. The molecule has 0 fully saturated rings. The molecule has 0 aromatic carbocycles. The normalized spacial score (nSPS) is 14.2. The van der Waals surface area contributed by atoms with Crippen molar-refractivity contribution in [2.75, 3.05) is 7.11 Å². The highest BCUT2D eigenvalue weighted by atomic mass is 16.5. The van der Waals surface area contributed by atoms with E-state index in [-0.39, 0.29) is 18.2 Å². The summed E-state index contributed by atoms with van der Waals surface area (Å²) in [5.41, 5.74) is 0. The van der Waals surface area contributed by atoms with Crippen molar-refractivity contribution in [3.63, 3.8) is 0 Å². The van der Waals surface area contributed by atoms with Crippen LogP contribution in [0.3, 0.4) is 0 Å². The molecular formula is C12H23NO4. The van der Waals surface area contributed by atoms with Gasteiger partial charge in [-0.2, -0.15) is 0 Å². The second-order valence-electron chi connectivity index (χ2n) is 4.66. The minimum atomic E-state index is -0.596. The zero-order valence-corrected chi connectivity index (χ0v) is 11.0. The molecule has 2 atom stereocenters. The molecule has 0 aromatic rings. The van der Waals surface area contributed by atoms with E-state index in [0.29, 0.717) is 12.8 Å². The maximum absolute atomic E-state index is 11.5. The highest BCUT2D eigenvalue weighted by Gasteiger charge is 2.22. The van der Waals surface area contributed by atoms with Crippen LogP contribution in [0.4, 0.5) is 0 Å². The SMILES string of the molecule is COC(=O)C(CC(C)C)NC(=O)CCC(C)O. The first-order chi connectivity index (χ1) is 7.86. The van der Waals surface area contributed by atoms with Gasteiger partial charge in [-0.1, -0.05) is 13.8 Å². The lowest BCUT2D eigenvalue weighted by atomic mass is 10.0. The van der Waals surface area contributed by atoms with E-state index in [1.807, 2.05) is 13.8 Å². The first kappa shape index (κ1) is 15.9. The van der Waals surface area contributed by atoms with Crippen molar-refractivity contribution in [1.29, 1.82) is 0 Å². The third kappa shape index (κ3) is 7.74. The first-order valence-corrected chi connectivity index (χ1v) is 5.92. The average molecular weight is 245 g/mol. The first-order valence-electron chi connectivity index (χ1n) is 5.92. The largest absolute Gasteiger partial charge is 0.467 e. The summed E-state index contributed by atoms with van der Waals surface area (Å²) in [6, 6.07) is -0.596. The maximum Gasteiger partial charge on any atom is 0.328 e. The Morgan fingerprint density at radius 2 is 1.88 bits per heavy atom. The van der Waals surface area contributed by atoms with E-state index in [1.165, 1.54) is 7.11 Å². The fourth-order valence-electron chi connectivity index (χ4n) is 1.43. The lowest BCUT2D eigenvalue weighted by molar-refractivity contribution is -0.145. The minimum absolute atomic E-state index is 0.212. The molecule has 5 nitrogen and oxygen atoms in total. The van der Waals surface area contributed by atoms with Crippen LogP contribution in [0.5, 0.6) is 0 Å². The van der Waals surface area contributed by atoms with Crippen LogP contribution < -0.4 is 5.32 Å². The van der Waals surface area contributed by atoms with Crippen LogP contribution in [0, 0.1) is 5.92 Å². The lowest BCUT2D eigenvalue weighted by Crippen LogP contribution is -2.42. The number of carbonyl (C=O) groups is 2. The highest BCUT2D eigenvalue weighted by Crippen LogP contribution is 2.07. The number of amides is 1. The number of ether oxygens (including phenoxy) is 1. The fourth-order valence-corrected chi connectivity index (χ4v) is 1.43. The Kier molecular flexibility index (Phi) is 7.54. The van der Waals surface area contributed by atoms with Crippen molar-refractivity contribution in [3.8, 4) is 0 Å². The molecule has 0 saturated heterocycles. The summed E-state index contributed by atoms with van der Waals surface area (Å²) in [5, 5.41) is 11.7. The Balaban J connectivity index is 4.22. The van der Waals surface area contributed by atoms with Crippen LogP contribution in [-0.4, -0.2) is 36.2 Å². The van der Waals surface area contributed by atoms with Crippen LogP contribution in [0.25, 0.3) is 0 Å². The molecule has 1 amide bonds. The summed E-state index contributed by atoms with van der Waals surface area (Å²) in [4.78, 5) is 23.0. The number of aliphatic hydroxyl groups excluding tert-OH is 1. The van der Waals surface area contributed by atoms with Gasteiger partial charge in [-0.15, -0.1) is 0 Å². The van der Waals surface area contributed by atoms with Gasteiger partial charge in [0.1, 0.15) is 6.04 Å². The van der Waals surface area contributed by atoms with E-state index in [2.05, 4.69) is 10.1 Å². The second-order valence-corrected chi connectivity index (χ2v) is 4.66. The summed E-state index contributed by atoms with van der Waals surface area (Å²) in [6.45, 7) is 5.56. The van der Waals surface area contributed by atoms with Crippen molar-refractivity contribution >= 4 is 11.9 Å². The van der Waals surface area contributed by atoms with E-state index in [4.69, 9.17) is 5.11 Å². The molecular weight excluding hydrogens is 222 g/mol. The van der Waals surface area contributed by atoms with Crippen LogP contribution in [0.15, 0.2) is 0 Å². The van der Waals surface area contributed by atoms with Crippen molar-refractivity contribution in [2.24, 2.45) is 5.92 Å². The molecule has 2 unspecified atom stereocenters. The van der Waals surface area contributed by atoms with Gasteiger partial charge in [-0.05, 0) is 25.7 Å². The number of aliphatic hydroxyl groups is 1. The van der Waals surface area contributed by atoms with E-state index in [9.17, 15) is 9.59 Å². The Hall–Kier alpha value is -1.10. The Labute approximate surface area is 103 Å². The molecule has 0 bridgehead atoms. The maximum atomic E-state index is 11.5. The molecule has 0 aromatic heterocycles. The quantitative estimate of drug-likeness (QED) is 0.652. The van der Waals surface area contributed by atoms with Crippen LogP contribution in [-0.2, 0) is 14.3 Å². The smallest absolute Gasteiger partial charge is 0.328 e. The Bertz CT molecular complexity index is 251. The zero-order valence-electron chi connectivity index (χ0n) is 11.0. The summed E-state index contributed by atoms with van der Waals surface area (Å²) < 4.78 is 4.64. The third-order valence-corrected chi connectivity index (χ3v) is 2.32. The Morgan fingerprint density at radius 1 is 1.29 bits per heavy atom. The number of hydrogen-bond acceptors (Lipinski definition) is 4. The molecule has 100 valence electrons. The van der Waals surface area contributed by atoms with Gasteiger partial charge in [0.05, 0.1) is 13.2 Å². The molecule has 0 aliphatic rings. The molecule has 5 heteroatoms. The van der Waals surface area contributed by atoms with Gasteiger partial charge >= 0.3 is 5.97 Å². The standard InChI is InChI=1S/C12H23NO4/c1-8(2)7-10(12(16)17-4)13-11(15)6-5-9(3)14/h8-10,14H,5-7H2,1-4H3,(H,13,15). The van der Waals surface area contributed by atoms with Gasteiger partial charge < -0.3 is 15.2 Å². The molecule has 0 spiro atoms. The van der Waals surface area contributed by atoms with Gasteiger partial charge in [0.2, 0.25) is 5.91 Å². The number of esters is 1. The van der Waals surface area contributed by atoms with Gasteiger partial charge in [-0.3, -0.25) is 4.79 Å². The van der Waals surface area contributed by atoms with Crippen molar-refractivity contribution in [3.05, 3.63) is 0 Å². The van der Waals surface area contributed by atoms with E-state index >= 15 is 0 Å². The molecule has 0 heterocycles. The molecule has 0 aliphatic carbocycles. The van der Waals surface area contributed by atoms with Crippen LogP contribution >= 0.6 is 0 Å². The Morgan fingerprint density at radius 3 is 2.29 bits per heavy atom. The van der Waals surface area contributed by atoms with Gasteiger partial charge in [0.25, 0.3) is 0 Å². The number of methoxy groups -OCH3 is 1. The van der Waals surface area contributed by atoms with Crippen LogP contribution in [0.2, 0.25) is 0 Å². The number of hydrogen-bond donors (Lipinski definition) is 2. The summed E-state index contributed by atoms with van der Waals surface area (Å²) >= 11 is 0. The number of carbonyl (C=O) groups excluding carboxylic acids is 2. The van der Waals surface area contributed by atoms with E-state index < -0.39 is 18.1 Å². The molecule has 0 radical (unpaired) electrons. The van der Waals surface area contributed by atoms with Crippen molar-refractivity contribution < 1.29 is 19.4 Å². The number of nitrogens with one attached hydrogen (secondary N) is 1. The molecule has 0 aliphatic heterocycles. The monoisotopic (exact) mass is 245 g/mol. The number of rotatable bonds is 7. The summed E-state index contributed by atoms with van der Waals surface area (Å²) in [7, 11) is 1.30. The predicted octanol–water partition coefficient (Wildman–Crippen LogP) is 0.851. The van der Waals surface area contributed by atoms with Crippen molar-refractivity contribution in [1.82, 2.24) is 5.32 Å². The fraction of sp³-hybridized carbons (Fsp3) is 0.833.